The zero-order valence-electron chi connectivity index (χ0n) is 10.8. The molecule has 1 saturated heterocycles. The van der Waals surface area contributed by atoms with Gasteiger partial charge in [0, 0.05) is 19.6 Å². The zero-order valence-corrected chi connectivity index (χ0v) is 11.6. The van der Waals surface area contributed by atoms with E-state index in [0.717, 1.165) is 6.54 Å². The van der Waals surface area contributed by atoms with Crippen LogP contribution in [0.1, 0.15) is 20.3 Å². The average Bonchev–Trinajstić information content (AvgIpc) is 2.30. The van der Waals surface area contributed by atoms with E-state index < -0.39 is 6.04 Å². The molecule has 0 saturated carbocycles. The summed E-state index contributed by atoms with van der Waals surface area (Å²) in [6.07, 6.45) is 0.196. The van der Waals surface area contributed by atoms with Crippen molar-refractivity contribution in [3.8, 4) is 0 Å². The molecule has 106 valence electrons. The maximum Gasteiger partial charge on any atom is 0.242 e. The lowest BCUT2D eigenvalue weighted by molar-refractivity contribution is -0.130. The summed E-state index contributed by atoms with van der Waals surface area (Å²) in [6, 6.07) is -0.501. The smallest absolute Gasteiger partial charge is 0.242 e. The lowest BCUT2D eigenvalue weighted by Gasteiger charge is -2.23. The highest BCUT2D eigenvalue weighted by Crippen LogP contribution is 2.01. The van der Waals surface area contributed by atoms with E-state index in [4.69, 9.17) is 4.74 Å². The maximum absolute atomic E-state index is 11.6. The number of hydrogen-bond donors (Lipinski definition) is 3. The van der Waals surface area contributed by atoms with Gasteiger partial charge in [-0.25, -0.2) is 0 Å². The van der Waals surface area contributed by atoms with Gasteiger partial charge in [-0.2, -0.15) is 0 Å². The van der Waals surface area contributed by atoms with Gasteiger partial charge in [0.15, 0.2) is 0 Å². The van der Waals surface area contributed by atoms with Crippen LogP contribution in [-0.2, 0) is 14.3 Å². The molecule has 1 heterocycles. The fourth-order valence-corrected chi connectivity index (χ4v) is 1.65. The minimum Gasteiger partial charge on any atom is -0.375 e. The van der Waals surface area contributed by atoms with Crippen molar-refractivity contribution in [2.24, 2.45) is 0 Å². The zero-order chi connectivity index (χ0) is 12.7. The molecule has 1 fully saturated rings. The second-order valence-corrected chi connectivity index (χ2v) is 4.08. The molecule has 7 heteroatoms. The first kappa shape index (κ1) is 17.2. The van der Waals surface area contributed by atoms with Crippen LogP contribution in [0.15, 0.2) is 0 Å². The molecule has 3 N–H and O–H groups in total. The third-order valence-electron chi connectivity index (χ3n) is 2.54. The normalized spacial score (nSPS) is 20.4. The Morgan fingerprint density at radius 2 is 2.22 bits per heavy atom. The van der Waals surface area contributed by atoms with Crippen molar-refractivity contribution in [2.45, 2.75) is 32.4 Å². The predicted molar refractivity (Wildman–Crippen MR) is 70.8 cm³/mol. The van der Waals surface area contributed by atoms with Crippen LogP contribution in [0.2, 0.25) is 0 Å². The third kappa shape index (κ3) is 6.18. The Kier molecular flexibility index (Phi) is 8.70. The SMILES string of the molecule is CCNC(=O)C(C)NC(=O)CC1CNCCO1.Cl. The fraction of sp³-hybridized carbons (Fsp3) is 0.818. The molecule has 0 spiro atoms. The van der Waals surface area contributed by atoms with E-state index in [1.165, 1.54) is 0 Å². The topological polar surface area (TPSA) is 79.5 Å². The van der Waals surface area contributed by atoms with Crippen LogP contribution in [0.3, 0.4) is 0 Å². The summed E-state index contributed by atoms with van der Waals surface area (Å²) in [6.45, 7) is 6.21. The van der Waals surface area contributed by atoms with Gasteiger partial charge < -0.3 is 20.7 Å². The quantitative estimate of drug-likeness (QED) is 0.630. The highest BCUT2D eigenvalue weighted by molar-refractivity contribution is 5.87. The Bertz CT molecular complexity index is 270. The number of rotatable bonds is 5. The Hall–Kier alpha value is -0.850. The van der Waals surface area contributed by atoms with Crippen LogP contribution in [0.25, 0.3) is 0 Å². The molecule has 0 aromatic heterocycles. The minimum absolute atomic E-state index is 0. The number of hydrogen-bond acceptors (Lipinski definition) is 4. The van der Waals surface area contributed by atoms with Gasteiger partial charge in [0.2, 0.25) is 11.8 Å². The summed E-state index contributed by atoms with van der Waals surface area (Å²) >= 11 is 0. The van der Waals surface area contributed by atoms with Crippen LogP contribution in [-0.4, -0.2) is 50.2 Å². The molecule has 18 heavy (non-hydrogen) atoms. The molecule has 1 aliphatic heterocycles. The number of nitrogens with one attached hydrogen (secondary N) is 3. The summed E-state index contributed by atoms with van der Waals surface area (Å²) < 4.78 is 5.41. The molecule has 1 aliphatic rings. The fourth-order valence-electron chi connectivity index (χ4n) is 1.65. The summed E-state index contributed by atoms with van der Waals surface area (Å²) in [5.41, 5.74) is 0. The van der Waals surface area contributed by atoms with Gasteiger partial charge in [-0.1, -0.05) is 0 Å². The lowest BCUT2D eigenvalue weighted by Crippen LogP contribution is -2.47. The van der Waals surface area contributed by atoms with E-state index >= 15 is 0 Å². The Labute approximate surface area is 114 Å². The second-order valence-electron chi connectivity index (χ2n) is 4.08. The largest absolute Gasteiger partial charge is 0.375 e. The molecule has 2 amide bonds. The van der Waals surface area contributed by atoms with Crippen LogP contribution >= 0.6 is 12.4 Å². The van der Waals surface area contributed by atoms with Crippen molar-refractivity contribution in [1.82, 2.24) is 16.0 Å². The average molecular weight is 280 g/mol. The van der Waals surface area contributed by atoms with E-state index in [1.54, 1.807) is 6.92 Å². The molecule has 0 radical (unpaired) electrons. The second kappa shape index (κ2) is 9.13. The number of ether oxygens (including phenoxy) is 1. The first-order chi connectivity index (χ1) is 8.13. The first-order valence-electron chi connectivity index (χ1n) is 6.03. The standard InChI is InChI=1S/C11H21N3O3.ClH/c1-3-13-11(16)8(2)14-10(15)6-9-7-12-4-5-17-9;/h8-9,12H,3-7H2,1-2H3,(H,13,16)(H,14,15);1H. The molecule has 2 atom stereocenters. The molecule has 0 bridgehead atoms. The predicted octanol–water partition coefficient (Wildman–Crippen LogP) is -0.572. The lowest BCUT2D eigenvalue weighted by atomic mass is 10.2. The Balaban J connectivity index is 0.00000289. The van der Waals surface area contributed by atoms with Crippen molar-refractivity contribution in [1.29, 1.82) is 0 Å². The van der Waals surface area contributed by atoms with E-state index in [1.807, 2.05) is 6.92 Å². The molecular weight excluding hydrogens is 258 g/mol. The van der Waals surface area contributed by atoms with Crippen molar-refractivity contribution < 1.29 is 14.3 Å². The molecule has 6 nitrogen and oxygen atoms in total. The molecular formula is C11H22ClN3O3. The minimum atomic E-state index is -0.501. The highest BCUT2D eigenvalue weighted by Gasteiger charge is 2.20. The molecule has 0 aliphatic carbocycles. The Morgan fingerprint density at radius 3 is 2.78 bits per heavy atom. The van der Waals surface area contributed by atoms with Gasteiger partial charge in [0.05, 0.1) is 19.1 Å². The van der Waals surface area contributed by atoms with Crippen LogP contribution in [0.4, 0.5) is 0 Å². The van der Waals surface area contributed by atoms with Crippen LogP contribution in [0.5, 0.6) is 0 Å². The number of carbonyl (C=O) groups is 2. The Morgan fingerprint density at radius 1 is 1.50 bits per heavy atom. The van der Waals surface area contributed by atoms with E-state index in [-0.39, 0.29) is 36.7 Å². The molecule has 0 aromatic rings. The highest BCUT2D eigenvalue weighted by atomic mass is 35.5. The maximum atomic E-state index is 11.6. The van der Waals surface area contributed by atoms with Crippen molar-refractivity contribution in [3.63, 3.8) is 0 Å². The van der Waals surface area contributed by atoms with Crippen LogP contribution in [0, 0.1) is 0 Å². The summed E-state index contributed by atoms with van der Waals surface area (Å²) in [4.78, 5) is 23.0. The number of carbonyl (C=O) groups excluding carboxylic acids is 2. The van der Waals surface area contributed by atoms with Crippen molar-refractivity contribution >= 4 is 24.2 Å². The number of likely N-dealkylation sites (N-methyl/N-ethyl adjacent to an activating group) is 1. The number of morpholine rings is 1. The molecule has 1 rings (SSSR count). The van der Waals surface area contributed by atoms with Crippen molar-refractivity contribution in [2.75, 3.05) is 26.2 Å². The summed E-state index contributed by atoms with van der Waals surface area (Å²) in [5.74, 6) is -0.319. The van der Waals surface area contributed by atoms with E-state index in [2.05, 4.69) is 16.0 Å². The van der Waals surface area contributed by atoms with E-state index in [0.29, 0.717) is 19.7 Å². The first-order valence-corrected chi connectivity index (χ1v) is 6.03. The van der Waals surface area contributed by atoms with Gasteiger partial charge >= 0.3 is 0 Å². The van der Waals surface area contributed by atoms with Gasteiger partial charge in [-0.3, -0.25) is 9.59 Å². The monoisotopic (exact) mass is 279 g/mol. The van der Waals surface area contributed by atoms with E-state index in [9.17, 15) is 9.59 Å². The van der Waals surface area contributed by atoms with Gasteiger partial charge in [0.25, 0.3) is 0 Å². The van der Waals surface area contributed by atoms with Gasteiger partial charge in [-0.05, 0) is 13.8 Å². The van der Waals surface area contributed by atoms with Gasteiger partial charge in [-0.15, -0.1) is 12.4 Å². The van der Waals surface area contributed by atoms with Crippen LogP contribution < -0.4 is 16.0 Å². The number of amides is 2. The third-order valence-corrected chi connectivity index (χ3v) is 2.54. The summed E-state index contributed by atoms with van der Waals surface area (Å²) in [5, 5.41) is 8.46. The van der Waals surface area contributed by atoms with Crippen molar-refractivity contribution in [3.05, 3.63) is 0 Å². The van der Waals surface area contributed by atoms with Gasteiger partial charge in [0.1, 0.15) is 6.04 Å². The molecule has 0 aromatic carbocycles. The number of halogens is 1. The summed E-state index contributed by atoms with van der Waals surface area (Å²) in [7, 11) is 0. The molecule has 2 unspecified atom stereocenters.